The van der Waals surface area contributed by atoms with Crippen LogP contribution >= 0.6 is 12.2 Å². The normalized spacial score (nSPS) is 11.0. The van der Waals surface area contributed by atoms with Crippen molar-refractivity contribution in [1.82, 2.24) is 14.9 Å². The standard InChI is InChI=1S/C18H24N4O3S/c1-4-5-6-7-10-25-15-9-8-14(11-16(15)24-3)12-19-22-17(23)13(2)20-21-18(22)26/h8-9,11-12H,4-7,10H2,1-3H3,(H,21,26)/b19-12+. The maximum atomic E-state index is 12.0. The third-order valence-corrected chi connectivity index (χ3v) is 4.04. The average Bonchev–Trinajstić information content (AvgIpc) is 2.65. The molecule has 26 heavy (non-hydrogen) atoms. The van der Waals surface area contributed by atoms with Crippen molar-refractivity contribution in [2.24, 2.45) is 5.10 Å². The van der Waals surface area contributed by atoms with Crippen molar-refractivity contribution in [3.05, 3.63) is 44.6 Å². The summed E-state index contributed by atoms with van der Waals surface area (Å²) in [5.41, 5.74) is 0.695. The Hall–Kier alpha value is -2.48. The molecule has 1 heterocycles. The number of hydrogen-bond acceptors (Lipinski definition) is 6. The van der Waals surface area contributed by atoms with Gasteiger partial charge in [-0.15, -0.1) is 0 Å². The van der Waals surface area contributed by atoms with Crippen LogP contribution in [0, 0.1) is 11.7 Å². The maximum absolute atomic E-state index is 12.0. The monoisotopic (exact) mass is 376 g/mol. The first kappa shape index (κ1) is 19.8. The summed E-state index contributed by atoms with van der Waals surface area (Å²) in [6, 6.07) is 5.48. The average molecular weight is 376 g/mol. The molecule has 0 fully saturated rings. The van der Waals surface area contributed by atoms with Gasteiger partial charge in [0, 0.05) is 0 Å². The Bertz CT molecular complexity index is 873. The van der Waals surface area contributed by atoms with Gasteiger partial charge in [0.25, 0.3) is 5.56 Å². The Labute approximate surface area is 157 Å². The lowest BCUT2D eigenvalue weighted by molar-refractivity contribution is 0.285. The molecular weight excluding hydrogens is 352 g/mol. The number of benzene rings is 1. The van der Waals surface area contributed by atoms with E-state index in [2.05, 4.69) is 22.2 Å². The minimum atomic E-state index is -0.357. The summed E-state index contributed by atoms with van der Waals surface area (Å²) >= 11 is 5.05. The Balaban J connectivity index is 2.13. The minimum absolute atomic E-state index is 0.135. The lowest BCUT2D eigenvalue weighted by Gasteiger charge is -2.11. The number of nitrogens with zero attached hydrogens (tertiary/aromatic N) is 3. The zero-order chi connectivity index (χ0) is 18.9. The lowest BCUT2D eigenvalue weighted by atomic mass is 10.2. The highest BCUT2D eigenvalue weighted by Crippen LogP contribution is 2.27. The molecule has 0 radical (unpaired) electrons. The largest absolute Gasteiger partial charge is 0.493 e. The third kappa shape index (κ3) is 5.26. The highest BCUT2D eigenvalue weighted by Gasteiger charge is 2.06. The van der Waals surface area contributed by atoms with Gasteiger partial charge in [0.2, 0.25) is 4.77 Å². The second-order valence-corrected chi connectivity index (χ2v) is 6.18. The fraction of sp³-hybridized carbons (Fsp3) is 0.444. The summed E-state index contributed by atoms with van der Waals surface area (Å²) in [5, 5.41) is 10.5. The SMILES string of the molecule is CCCCCCOc1ccc(/C=N/n2c(=S)[nH]nc(C)c2=O)cc1OC. The van der Waals surface area contributed by atoms with Crippen molar-refractivity contribution in [2.45, 2.75) is 39.5 Å². The van der Waals surface area contributed by atoms with E-state index in [0.717, 1.165) is 23.1 Å². The molecule has 0 amide bonds. The molecule has 8 heteroatoms. The van der Waals surface area contributed by atoms with E-state index >= 15 is 0 Å². The van der Waals surface area contributed by atoms with Gasteiger partial charge >= 0.3 is 0 Å². The van der Waals surface area contributed by atoms with Gasteiger partial charge in [-0.3, -0.25) is 9.89 Å². The van der Waals surface area contributed by atoms with Crippen LogP contribution in [0.4, 0.5) is 0 Å². The number of unbranched alkanes of at least 4 members (excludes halogenated alkanes) is 3. The number of H-pyrrole nitrogens is 1. The van der Waals surface area contributed by atoms with Crippen molar-refractivity contribution in [1.29, 1.82) is 0 Å². The Morgan fingerprint density at radius 3 is 2.85 bits per heavy atom. The van der Waals surface area contributed by atoms with Gasteiger partial charge in [-0.1, -0.05) is 26.2 Å². The first-order chi connectivity index (χ1) is 12.6. The van der Waals surface area contributed by atoms with E-state index in [-0.39, 0.29) is 10.3 Å². The molecule has 1 aromatic heterocycles. The molecule has 0 aliphatic rings. The van der Waals surface area contributed by atoms with Gasteiger partial charge in [0.1, 0.15) is 5.69 Å². The molecule has 0 aliphatic carbocycles. The number of nitrogens with one attached hydrogen (secondary N) is 1. The van der Waals surface area contributed by atoms with Crippen molar-refractivity contribution in [2.75, 3.05) is 13.7 Å². The van der Waals surface area contributed by atoms with Crippen molar-refractivity contribution < 1.29 is 9.47 Å². The van der Waals surface area contributed by atoms with E-state index in [1.165, 1.54) is 19.1 Å². The smallest absolute Gasteiger partial charge is 0.296 e. The molecule has 0 spiro atoms. The predicted molar refractivity (Wildman–Crippen MR) is 104 cm³/mol. The van der Waals surface area contributed by atoms with Crippen LogP contribution in [0.1, 0.15) is 43.9 Å². The quantitative estimate of drug-likeness (QED) is 0.412. The molecule has 0 saturated heterocycles. The fourth-order valence-electron chi connectivity index (χ4n) is 2.30. The number of ether oxygens (including phenoxy) is 2. The van der Waals surface area contributed by atoms with Crippen molar-refractivity contribution >= 4 is 18.4 Å². The molecule has 0 aliphatic heterocycles. The van der Waals surface area contributed by atoms with E-state index < -0.39 is 0 Å². The van der Waals surface area contributed by atoms with Crippen LogP contribution in [0.3, 0.4) is 0 Å². The van der Waals surface area contributed by atoms with Crippen molar-refractivity contribution in [3.8, 4) is 11.5 Å². The zero-order valence-corrected chi connectivity index (χ0v) is 16.1. The highest BCUT2D eigenvalue weighted by molar-refractivity contribution is 7.71. The molecule has 140 valence electrons. The van der Waals surface area contributed by atoms with Gasteiger partial charge in [-0.25, -0.2) is 0 Å². The van der Waals surface area contributed by atoms with E-state index in [9.17, 15) is 4.79 Å². The summed E-state index contributed by atoms with van der Waals surface area (Å²) in [6.07, 6.45) is 6.12. The summed E-state index contributed by atoms with van der Waals surface area (Å²) in [7, 11) is 1.59. The first-order valence-electron chi connectivity index (χ1n) is 8.60. The van der Waals surface area contributed by atoms with Crippen LogP contribution in [0.5, 0.6) is 11.5 Å². The van der Waals surface area contributed by atoms with Crippen LogP contribution in [0.15, 0.2) is 28.1 Å². The molecule has 1 N–H and O–H groups in total. The number of aryl methyl sites for hydroxylation is 1. The number of rotatable bonds is 9. The summed E-state index contributed by atoms with van der Waals surface area (Å²) in [6.45, 7) is 4.43. The summed E-state index contributed by atoms with van der Waals surface area (Å²) < 4.78 is 12.4. The Morgan fingerprint density at radius 1 is 1.31 bits per heavy atom. The molecule has 0 unspecified atom stereocenters. The summed E-state index contributed by atoms with van der Waals surface area (Å²) in [5.74, 6) is 1.31. The van der Waals surface area contributed by atoms with Gasteiger partial charge < -0.3 is 9.47 Å². The molecule has 0 saturated carbocycles. The van der Waals surface area contributed by atoms with Gasteiger partial charge in [0.05, 0.1) is 19.9 Å². The molecular formula is C18H24N4O3S. The Kier molecular flexibility index (Phi) is 7.53. The molecule has 2 aromatic rings. The lowest BCUT2D eigenvalue weighted by Crippen LogP contribution is -2.22. The van der Waals surface area contributed by atoms with E-state index in [4.69, 9.17) is 21.7 Å². The van der Waals surface area contributed by atoms with E-state index in [1.54, 1.807) is 20.1 Å². The second kappa shape index (κ2) is 9.86. The predicted octanol–water partition coefficient (Wildman–Crippen LogP) is 3.46. The fourth-order valence-corrected chi connectivity index (χ4v) is 2.47. The maximum Gasteiger partial charge on any atom is 0.296 e. The van der Waals surface area contributed by atoms with Crippen LogP contribution < -0.4 is 15.0 Å². The van der Waals surface area contributed by atoms with Crippen LogP contribution in [-0.2, 0) is 0 Å². The minimum Gasteiger partial charge on any atom is -0.493 e. The highest BCUT2D eigenvalue weighted by atomic mass is 32.1. The van der Waals surface area contributed by atoms with Crippen LogP contribution in [-0.4, -0.2) is 34.8 Å². The molecule has 2 rings (SSSR count). The van der Waals surface area contributed by atoms with Crippen molar-refractivity contribution in [3.63, 3.8) is 0 Å². The second-order valence-electron chi connectivity index (χ2n) is 5.80. The van der Waals surface area contributed by atoms with Gasteiger partial charge in [-0.05, 0) is 49.3 Å². The Morgan fingerprint density at radius 2 is 2.12 bits per heavy atom. The zero-order valence-electron chi connectivity index (χ0n) is 15.3. The number of aromatic amines is 1. The molecule has 0 atom stereocenters. The summed E-state index contributed by atoms with van der Waals surface area (Å²) in [4.78, 5) is 12.0. The number of methoxy groups -OCH3 is 1. The molecule has 1 aromatic carbocycles. The van der Waals surface area contributed by atoms with E-state index in [0.29, 0.717) is 23.8 Å². The van der Waals surface area contributed by atoms with Crippen LogP contribution in [0.2, 0.25) is 0 Å². The number of hydrogen-bond donors (Lipinski definition) is 1. The third-order valence-electron chi connectivity index (χ3n) is 3.78. The molecule has 0 bridgehead atoms. The van der Waals surface area contributed by atoms with Gasteiger partial charge in [-0.2, -0.15) is 14.9 Å². The van der Waals surface area contributed by atoms with Gasteiger partial charge in [0.15, 0.2) is 11.5 Å². The van der Waals surface area contributed by atoms with E-state index in [1.807, 2.05) is 12.1 Å². The number of aromatic nitrogens is 3. The topological polar surface area (TPSA) is 81.5 Å². The molecule has 7 nitrogen and oxygen atoms in total. The first-order valence-corrected chi connectivity index (χ1v) is 9.01. The van der Waals surface area contributed by atoms with Crippen LogP contribution in [0.25, 0.3) is 0 Å².